The topological polar surface area (TPSA) is 71.0 Å². The van der Waals surface area contributed by atoms with Crippen molar-refractivity contribution in [3.63, 3.8) is 0 Å². The van der Waals surface area contributed by atoms with Crippen LogP contribution in [0.1, 0.15) is 47.4 Å². The number of carbonyl (C=O) groups excluding carboxylic acids is 1. The number of fused-ring (bicyclic) bond motifs is 1. The van der Waals surface area contributed by atoms with E-state index >= 15 is 0 Å². The zero-order valence-corrected chi connectivity index (χ0v) is 15.7. The zero-order chi connectivity index (χ0) is 17.6. The molecular weight excluding hydrogens is 334 g/mol. The third-order valence-corrected chi connectivity index (χ3v) is 6.26. The predicted molar refractivity (Wildman–Crippen MR) is 97.8 cm³/mol. The molecule has 25 heavy (non-hydrogen) atoms. The van der Waals surface area contributed by atoms with Gasteiger partial charge in [0, 0.05) is 34.6 Å². The van der Waals surface area contributed by atoms with Gasteiger partial charge in [0.05, 0.1) is 17.6 Å². The number of carbonyl (C=O) groups is 1. The molecule has 1 unspecified atom stereocenters. The highest BCUT2D eigenvalue weighted by atomic mass is 32.1. The number of rotatable bonds is 3. The molecule has 1 fully saturated rings. The molecule has 0 aromatic carbocycles. The van der Waals surface area contributed by atoms with Gasteiger partial charge in [-0.25, -0.2) is 15.0 Å². The molecule has 4 rings (SSSR count). The van der Waals surface area contributed by atoms with E-state index in [0.29, 0.717) is 12.2 Å². The molecule has 6 nitrogen and oxygen atoms in total. The summed E-state index contributed by atoms with van der Waals surface area (Å²) in [5.41, 5.74) is 4.83. The van der Waals surface area contributed by atoms with Crippen LogP contribution in [-0.4, -0.2) is 38.8 Å². The van der Waals surface area contributed by atoms with Crippen molar-refractivity contribution in [3.05, 3.63) is 33.2 Å². The monoisotopic (exact) mass is 357 g/mol. The third kappa shape index (κ3) is 3.06. The average molecular weight is 357 g/mol. The lowest BCUT2D eigenvalue weighted by Crippen LogP contribution is -2.45. The standard InChI is InChI=1S/C18H23N5OS/c1-11-13-7-15(24)21-16(13)22-17(20-11)18(3)5-4-6-23(9-18)8-14-12(2)19-10-25-14/h10H,4-9H2,1-3H3,(H,20,21,22,24). The summed E-state index contributed by atoms with van der Waals surface area (Å²) in [6, 6.07) is 0. The van der Waals surface area contributed by atoms with E-state index in [-0.39, 0.29) is 11.3 Å². The van der Waals surface area contributed by atoms with Crippen LogP contribution in [0.4, 0.5) is 5.82 Å². The Morgan fingerprint density at radius 2 is 2.16 bits per heavy atom. The highest BCUT2D eigenvalue weighted by Gasteiger charge is 2.37. The first-order valence-corrected chi connectivity index (χ1v) is 9.62. The van der Waals surface area contributed by atoms with Crippen molar-refractivity contribution in [2.45, 2.75) is 52.0 Å². The quantitative estimate of drug-likeness (QED) is 0.914. The summed E-state index contributed by atoms with van der Waals surface area (Å²) >= 11 is 1.73. The van der Waals surface area contributed by atoms with Crippen LogP contribution >= 0.6 is 11.3 Å². The predicted octanol–water partition coefficient (Wildman–Crippen LogP) is 2.60. The number of nitrogens with zero attached hydrogens (tertiary/aromatic N) is 4. The molecule has 132 valence electrons. The van der Waals surface area contributed by atoms with E-state index in [1.54, 1.807) is 11.3 Å². The highest BCUT2D eigenvalue weighted by Crippen LogP contribution is 2.35. The number of amides is 1. The van der Waals surface area contributed by atoms with Gasteiger partial charge in [-0.05, 0) is 33.2 Å². The summed E-state index contributed by atoms with van der Waals surface area (Å²) in [5.74, 6) is 1.58. The Balaban J connectivity index is 1.59. The molecule has 2 aliphatic rings. The number of likely N-dealkylation sites (tertiary alicyclic amines) is 1. The molecule has 2 aromatic heterocycles. The van der Waals surface area contributed by atoms with E-state index in [9.17, 15) is 4.79 Å². The van der Waals surface area contributed by atoms with Crippen LogP contribution in [0.15, 0.2) is 5.51 Å². The maximum Gasteiger partial charge on any atom is 0.230 e. The van der Waals surface area contributed by atoms with Crippen molar-refractivity contribution in [3.8, 4) is 0 Å². The molecule has 0 bridgehead atoms. The van der Waals surface area contributed by atoms with Crippen LogP contribution in [0.25, 0.3) is 0 Å². The Morgan fingerprint density at radius 3 is 2.92 bits per heavy atom. The Labute approximate surface area is 151 Å². The highest BCUT2D eigenvalue weighted by molar-refractivity contribution is 7.09. The first kappa shape index (κ1) is 16.6. The van der Waals surface area contributed by atoms with Crippen LogP contribution in [0.2, 0.25) is 0 Å². The van der Waals surface area contributed by atoms with Crippen molar-refractivity contribution in [1.82, 2.24) is 19.9 Å². The molecule has 1 atom stereocenters. The Morgan fingerprint density at radius 1 is 1.32 bits per heavy atom. The SMILES string of the molecule is Cc1ncsc1CN1CCCC(C)(c2nc(C)c3c(n2)NC(=O)C3)C1. The lowest BCUT2D eigenvalue weighted by Gasteiger charge is -2.39. The van der Waals surface area contributed by atoms with Gasteiger partial charge in [-0.15, -0.1) is 11.3 Å². The number of aryl methyl sites for hydroxylation is 2. The molecular formula is C18H23N5OS. The second-order valence-electron chi connectivity index (χ2n) is 7.42. The van der Waals surface area contributed by atoms with Gasteiger partial charge in [0.15, 0.2) is 0 Å². The maximum atomic E-state index is 11.7. The number of anilines is 1. The second kappa shape index (κ2) is 6.14. The minimum Gasteiger partial charge on any atom is -0.310 e. The fourth-order valence-corrected chi connectivity index (χ4v) is 4.68. The lowest BCUT2D eigenvalue weighted by atomic mass is 9.80. The third-order valence-electron chi connectivity index (χ3n) is 5.34. The molecule has 4 heterocycles. The summed E-state index contributed by atoms with van der Waals surface area (Å²) in [7, 11) is 0. The van der Waals surface area contributed by atoms with Crippen LogP contribution in [0, 0.1) is 13.8 Å². The van der Waals surface area contributed by atoms with E-state index < -0.39 is 0 Å². The molecule has 1 amide bonds. The molecule has 2 aliphatic heterocycles. The summed E-state index contributed by atoms with van der Waals surface area (Å²) in [6.45, 7) is 9.26. The van der Waals surface area contributed by atoms with Gasteiger partial charge >= 0.3 is 0 Å². The minimum absolute atomic E-state index is 0.0145. The fraction of sp³-hybridized carbons (Fsp3) is 0.556. The summed E-state index contributed by atoms with van der Waals surface area (Å²) in [6.07, 6.45) is 2.59. The molecule has 0 saturated carbocycles. The van der Waals surface area contributed by atoms with Gasteiger partial charge in [-0.2, -0.15) is 0 Å². The number of thiazole rings is 1. The largest absolute Gasteiger partial charge is 0.310 e. The van der Waals surface area contributed by atoms with Gasteiger partial charge in [0.1, 0.15) is 11.6 Å². The van der Waals surface area contributed by atoms with E-state index in [2.05, 4.69) is 29.0 Å². The summed E-state index contributed by atoms with van der Waals surface area (Å²) < 4.78 is 0. The van der Waals surface area contributed by atoms with Crippen LogP contribution in [0.3, 0.4) is 0 Å². The van der Waals surface area contributed by atoms with Crippen molar-refractivity contribution in [1.29, 1.82) is 0 Å². The van der Waals surface area contributed by atoms with Gasteiger partial charge in [-0.1, -0.05) is 6.92 Å². The molecule has 0 radical (unpaired) electrons. The van der Waals surface area contributed by atoms with Crippen LogP contribution in [-0.2, 0) is 23.2 Å². The van der Waals surface area contributed by atoms with Crippen LogP contribution in [0.5, 0.6) is 0 Å². The lowest BCUT2D eigenvalue weighted by molar-refractivity contribution is -0.115. The van der Waals surface area contributed by atoms with Crippen molar-refractivity contribution in [2.75, 3.05) is 18.4 Å². The van der Waals surface area contributed by atoms with E-state index in [1.807, 2.05) is 12.4 Å². The van der Waals surface area contributed by atoms with Crippen molar-refractivity contribution < 1.29 is 4.79 Å². The molecule has 1 saturated heterocycles. The van der Waals surface area contributed by atoms with Gasteiger partial charge < -0.3 is 5.32 Å². The Kier molecular flexibility index (Phi) is 4.08. The van der Waals surface area contributed by atoms with Gasteiger partial charge in [-0.3, -0.25) is 9.69 Å². The summed E-state index contributed by atoms with van der Waals surface area (Å²) in [5, 5.41) is 2.88. The number of piperidine rings is 1. The first-order chi connectivity index (χ1) is 11.9. The molecule has 0 spiro atoms. The molecule has 2 aromatic rings. The molecule has 1 N–H and O–H groups in total. The van der Waals surface area contributed by atoms with E-state index in [0.717, 1.165) is 55.3 Å². The second-order valence-corrected chi connectivity index (χ2v) is 8.36. The Hall–Kier alpha value is -1.86. The summed E-state index contributed by atoms with van der Waals surface area (Å²) in [4.78, 5) is 29.4. The van der Waals surface area contributed by atoms with Crippen LogP contribution < -0.4 is 5.32 Å². The fourth-order valence-electron chi connectivity index (χ4n) is 3.86. The first-order valence-electron chi connectivity index (χ1n) is 8.74. The number of aromatic nitrogens is 3. The minimum atomic E-state index is -0.0933. The Bertz CT molecular complexity index is 833. The van der Waals surface area contributed by atoms with Gasteiger partial charge in [0.25, 0.3) is 0 Å². The average Bonchev–Trinajstić information content (AvgIpc) is 3.13. The van der Waals surface area contributed by atoms with Crippen molar-refractivity contribution >= 4 is 23.1 Å². The van der Waals surface area contributed by atoms with Gasteiger partial charge in [0.2, 0.25) is 5.91 Å². The number of nitrogens with one attached hydrogen (secondary N) is 1. The number of hydrogen-bond donors (Lipinski definition) is 1. The van der Waals surface area contributed by atoms with Crippen molar-refractivity contribution in [2.24, 2.45) is 0 Å². The zero-order valence-electron chi connectivity index (χ0n) is 14.9. The normalized spacial score (nSPS) is 23.6. The molecule has 7 heteroatoms. The van der Waals surface area contributed by atoms with E-state index in [4.69, 9.17) is 9.97 Å². The molecule has 0 aliphatic carbocycles. The number of hydrogen-bond acceptors (Lipinski definition) is 6. The van der Waals surface area contributed by atoms with E-state index in [1.165, 1.54) is 4.88 Å². The smallest absolute Gasteiger partial charge is 0.230 e. The maximum absolute atomic E-state index is 11.7.